The molecule has 7 heteroatoms. The summed E-state index contributed by atoms with van der Waals surface area (Å²) in [7, 11) is 0. The van der Waals surface area contributed by atoms with Gasteiger partial charge in [-0.2, -0.15) is 0 Å². The first-order valence-corrected chi connectivity index (χ1v) is 1.02. The number of halogens is 5. The first-order valence-electron chi connectivity index (χ1n) is 1.02. The van der Waals surface area contributed by atoms with E-state index in [0.29, 0.717) is 0 Å². The van der Waals surface area contributed by atoms with Gasteiger partial charge in [0.1, 0.15) is 0 Å². The molecule has 0 amide bonds. The molecule has 0 saturated carbocycles. The molecule has 0 aliphatic heterocycles. The Kier molecular flexibility index (Phi) is 690. The molecule has 0 aromatic rings. The summed E-state index contributed by atoms with van der Waals surface area (Å²) in [5, 5.41) is 7.57. The molecule has 0 spiro atoms. The number of rotatable bonds is 0. The van der Waals surface area contributed by atoms with Crippen molar-refractivity contribution in [1.82, 2.24) is 0 Å². The quantitative estimate of drug-likeness (QED) is 0.465. The Hall–Kier alpha value is 1.99. The van der Waals surface area contributed by atoms with Crippen LogP contribution < -0.4 is 62.0 Å². The van der Waals surface area contributed by atoms with E-state index < -0.39 is 0 Å². The van der Waals surface area contributed by atoms with Crippen LogP contribution in [-0.4, -0.2) is 11.7 Å². The van der Waals surface area contributed by atoms with Crippen molar-refractivity contribution in [2.24, 2.45) is 0 Å². The molecule has 1 nitrogen and oxygen atoms in total. The zero-order valence-corrected chi connectivity index (χ0v) is 9.67. The molecule has 0 rings (SSSR count). The van der Waals surface area contributed by atoms with Gasteiger partial charge in [0.2, 0.25) is 0 Å². The normalized spacial score (nSPS) is 2.00. The average molecular weight is 274 g/mol. The maximum absolute atomic E-state index is 7.57. The third-order valence-corrected chi connectivity index (χ3v) is 0. The largest absolute Gasteiger partial charge is 1.00 e. The molecule has 0 bridgehead atoms. The van der Waals surface area contributed by atoms with Gasteiger partial charge >= 0.3 is 0 Å². The Labute approximate surface area is 98.7 Å². The van der Waals surface area contributed by atoms with Crippen LogP contribution in [0.3, 0.4) is 0 Å². The van der Waals surface area contributed by atoms with E-state index in [4.69, 9.17) is 5.11 Å². The molecule has 1 N–H and O–H groups in total. The predicted octanol–water partition coefficient (Wildman–Crippen LogP) is -15.0. The van der Waals surface area contributed by atoms with Gasteiger partial charge < -0.3 is 67.1 Å². The second-order valence-corrected chi connectivity index (χ2v) is 0.316. The summed E-state index contributed by atoms with van der Waals surface area (Å²) in [4.78, 5) is 0. The van der Waals surface area contributed by atoms with Crippen molar-refractivity contribution < 1.29 is 85.7 Å². The fraction of sp³-hybridized carbons (Fsp3) is 1.00. The van der Waals surface area contributed by atoms with E-state index in [1.165, 1.54) is 0 Å². The molecule has 0 aromatic heterocycles. The van der Waals surface area contributed by atoms with Crippen molar-refractivity contribution in [2.75, 3.05) is 6.61 Å². The van der Waals surface area contributed by atoms with E-state index in [0.717, 1.165) is 0 Å². The van der Waals surface area contributed by atoms with Crippen LogP contribution in [0.15, 0.2) is 0 Å². The summed E-state index contributed by atoms with van der Waals surface area (Å²) in [6, 6.07) is 0. The van der Waals surface area contributed by atoms with Crippen molar-refractivity contribution >= 4 is 0 Å². The van der Waals surface area contributed by atoms with Crippen LogP contribution in [0, 0.1) is 0 Å². The molecular formula is C2H6Cl5OV-5. The fourth-order valence-corrected chi connectivity index (χ4v) is 0. The summed E-state index contributed by atoms with van der Waals surface area (Å²) >= 11 is 0. The maximum atomic E-state index is 7.57. The molecule has 0 saturated heterocycles. The topological polar surface area (TPSA) is 20.2 Å². The predicted molar refractivity (Wildman–Crippen MR) is 12.8 cm³/mol. The third-order valence-electron chi connectivity index (χ3n) is 0. The fourth-order valence-electron chi connectivity index (χ4n) is 0. The maximum Gasteiger partial charge on any atom is 0.0402 e. The van der Waals surface area contributed by atoms with Gasteiger partial charge in [-0.3, -0.25) is 0 Å². The van der Waals surface area contributed by atoms with Crippen LogP contribution in [-0.2, 0) is 18.6 Å². The van der Waals surface area contributed by atoms with Gasteiger partial charge in [-0.15, -0.1) is 0 Å². The van der Waals surface area contributed by atoms with Crippen LogP contribution in [0.1, 0.15) is 6.92 Å². The summed E-state index contributed by atoms with van der Waals surface area (Å²) in [6.07, 6.45) is 0. The Morgan fingerprint density at radius 3 is 0.889 bits per heavy atom. The summed E-state index contributed by atoms with van der Waals surface area (Å²) in [6.45, 7) is 1.93. The summed E-state index contributed by atoms with van der Waals surface area (Å²) < 4.78 is 0. The van der Waals surface area contributed by atoms with Crippen molar-refractivity contribution in [2.45, 2.75) is 6.92 Å². The van der Waals surface area contributed by atoms with Gasteiger partial charge in [0, 0.05) is 25.2 Å². The Balaban J connectivity index is -0.00000000133. The van der Waals surface area contributed by atoms with E-state index in [-0.39, 0.29) is 87.2 Å². The molecular weight excluding hydrogens is 268 g/mol. The van der Waals surface area contributed by atoms with Crippen LogP contribution in [0.4, 0.5) is 0 Å². The Bertz CT molecular complexity index is 14.9. The Morgan fingerprint density at radius 1 is 0.889 bits per heavy atom. The zero-order valence-electron chi connectivity index (χ0n) is 4.49. The third kappa shape index (κ3) is 161. The second-order valence-electron chi connectivity index (χ2n) is 0.316. The summed E-state index contributed by atoms with van der Waals surface area (Å²) in [5.41, 5.74) is 0. The molecule has 65 valence electrons. The van der Waals surface area contributed by atoms with Gasteiger partial charge in [0.05, 0.1) is 0 Å². The molecule has 0 aromatic carbocycles. The van der Waals surface area contributed by atoms with Crippen molar-refractivity contribution in [1.29, 1.82) is 0 Å². The second kappa shape index (κ2) is 90.2. The molecule has 0 atom stereocenters. The van der Waals surface area contributed by atoms with Crippen molar-refractivity contribution in [3.05, 3.63) is 0 Å². The SMILES string of the molecule is CCO.[Cl-].[Cl-].[Cl-].[Cl-].[Cl-].[V]. The van der Waals surface area contributed by atoms with Gasteiger partial charge in [0.25, 0.3) is 0 Å². The number of aliphatic hydroxyl groups excluding tert-OH is 1. The smallest absolute Gasteiger partial charge is 0.0402 e. The van der Waals surface area contributed by atoms with Gasteiger partial charge in [-0.05, 0) is 6.92 Å². The first kappa shape index (κ1) is 68.8. The summed E-state index contributed by atoms with van der Waals surface area (Å²) in [5.74, 6) is 0. The number of hydrogen-bond donors (Lipinski definition) is 1. The molecule has 1 radical (unpaired) electrons. The first-order chi connectivity index (χ1) is 1.41. The molecule has 0 heterocycles. The van der Waals surface area contributed by atoms with Crippen molar-refractivity contribution in [3.8, 4) is 0 Å². The van der Waals surface area contributed by atoms with E-state index in [2.05, 4.69) is 0 Å². The van der Waals surface area contributed by atoms with Gasteiger partial charge in [-0.1, -0.05) is 0 Å². The average Bonchev–Trinajstić information content (AvgIpc) is 0.918. The van der Waals surface area contributed by atoms with Crippen LogP contribution in [0.2, 0.25) is 0 Å². The number of aliphatic hydroxyl groups is 1. The number of hydrogen-bond acceptors (Lipinski definition) is 1. The van der Waals surface area contributed by atoms with E-state index in [1.807, 2.05) is 0 Å². The van der Waals surface area contributed by atoms with Crippen LogP contribution in [0.25, 0.3) is 0 Å². The van der Waals surface area contributed by atoms with E-state index >= 15 is 0 Å². The minimum absolute atomic E-state index is 0. The monoisotopic (exact) mass is 272 g/mol. The molecule has 0 fully saturated rings. The van der Waals surface area contributed by atoms with E-state index in [9.17, 15) is 0 Å². The van der Waals surface area contributed by atoms with Gasteiger partial charge in [0.15, 0.2) is 0 Å². The molecule has 9 heavy (non-hydrogen) atoms. The molecule has 0 unspecified atom stereocenters. The van der Waals surface area contributed by atoms with Crippen LogP contribution in [0.5, 0.6) is 0 Å². The zero-order chi connectivity index (χ0) is 2.71. The molecule has 0 aliphatic carbocycles. The van der Waals surface area contributed by atoms with Crippen LogP contribution >= 0.6 is 0 Å². The van der Waals surface area contributed by atoms with E-state index in [1.54, 1.807) is 6.92 Å². The molecule has 0 aliphatic rings. The Morgan fingerprint density at radius 2 is 0.889 bits per heavy atom. The van der Waals surface area contributed by atoms with Gasteiger partial charge in [-0.25, -0.2) is 0 Å². The minimum atomic E-state index is 0. The standard InChI is InChI=1S/C2H6O.5ClH.V/c1-2-3;;;;;;/h3H,2H2,1H3;5*1H;/p-5. The minimum Gasteiger partial charge on any atom is -1.00 e. The van der Waals surface area contributed by atoms with Crippen molar-refractivity contribution in [3.63, 3.8) is 0 Å².